The SMILES string of the molecule is C/N=C(\OC(=N)C(F)F)c1cnc2c(c1)C(=O)N(c1ccccc1-c1cccc(C#N)c1)C2. The highest BCUT2D eigenvalue weighted by Gasteiger charge is 2.32. The third-order valence-corrected chi connectivity index (χ3v) is 5.11. The van der Waals surface area contributed by atoms with E-state index < -0.39 is 12.3 Å². The van der Waals surface area contributed by atoms with Crippen molar-refractivity contribution in [2.45, 2.75) is 13.0 Å². The summed E-state index contributed by atoms with van der Waals surface area (Å²) in [4.78, 5) is 23.0. The minimum absolute atomic E-state index is 0.215. The Morgan fingerprint density at radius 2 is 2.00 bits per heavy atom. The van der Waals surface area contributed by atoms with Crippen LogP contribution in [-0.4, -0.2) is 36.2 Å². The van der Waals surface area contributed by atoms with Crippen LogP contribution in [0, 0.1) is 16.7 Å². The number of amides is 1. The number of aliphatic imine (C=N–C) groups is 1. The fourth-order valence-electron chi connectivity index (χ4n) is 3.57. The molecule has 1 aromatic heterocycles. The summed E-state index contributed by atoms with van der Waals surface area (Å²) in [5, 5.41) is 16.5. The molecule has 1 aliphatic heterocycles. The number of nitrogens with one attached hydrogen (secondary N) is 1. The molecule has 0 saturated heterocycles. The molecule has 4 rings (SSSR count). The molecule has 164 valence electrons. The molecule has 0 radical (unpaired) electrons. The van der Waals surface area contributed by atoms with Gasteiger partial charge in [-0.2, -0.15) is 14.0 Å². The summed E-state index contributed by atoms with van der Waals surface area (Å²) in [6.45, 7) is 0.218. The molecule has 0 bridgehead atoms. The number of benzene rings is 2. The molecule has 0 fully saturated rings. The number of anilines is 1. The van der Waals surface area contributed by atoms with Crippen LogP contribution in [0.25, 0.3) is 11.1 Å². The topological polar surface area (TPSA) is 102 Å². The zero-order valence-corrected chi connectivity index (χ0v) is 17.4. The lowest BCUT2D eigenvalue weighted by Gasteiger charge is -2.19. The van der Waals surface area contributed by atoms with Crippen LogP contribution in [0.2, 0.25) is 0 Å². The van der Waals surface area contributed by atoms with Gasteiger partial charge in [0.2, 0.25) is 5.90 Å². The molecule has 7 nitrogen and oxygen atoms in total. The van der Waals surface area contributed by atoms with Gasteiger partial charge < -0.3 is 9.64 Å². The summed E-state index contributed by atoms with van der Waals surface area (Å²) in [6, 6.07) is 18.0. The van der Waals surface area contributed by atoms with E-state index in [0.29, 0.717) is 22.5 Å². The van der Waals surface area contributed by atoms with Crippen LogP contribution in [0.4, 0.5) is 14.5 Å². The quantitative estimate of drug-likeness (QED) is 0.474. The third kappa shape index (κ3) is 4.19. The van der Waals surface area contributed by atoms with Crippen LogP contribution >= 0.6 is 0 Å². The fraction of sp³-hybridized carbons (Fsp3) is 0.125. The molecule has 3 aromatic rings. The van der Waals surface area contributed by atoms with Gasteiger partial charge in [0, 0.05) is 18.8 Å². The van der Waals surface area contributed by atoms with Crippen molar-refractivity contribution in [3.8, 4) is 17.2 Å². The van der Waals surface area contributed by atoms with Crippen LogP contribution in [0.15, 0.2) is 65.8 Å². The minimum atomic E-state index is -3.09. The number of alkyl halides is 2. The first-order chi connectivity index (χ1) is 15.9. The molecule has 9 heteroatoms. The van der Waals surface area contributed by atoms with E-state index in [1.165, 1.54) is 19.3 Å². The highest BCUT2D eigenvalue weighted by molar-refractivity contribution is 6.12. The highest BCUT2D eigenvalue weighted by Crippen LogP contribution is 2.36. The summed E-state index contributed by atoms with van der Waals surface area (Å²) in [6.07, 6.45) is -1.71. The lowest BCUT2D eigenvalue weighted by molar-refractivity contribution is 0.0996. The smallest absolute Gasteiger partial charge is 0.312 e. The first-order valence-corrected chi connectivity index (χ1v) is 9.85. The number of pyridine rings is 1. The molecule has 0 saturated carbocycles. The Kier molecular flexibility index (Phi) is 5.91. The predicted octanol–water partition coefficient (Wildman–Crippen LogP) is 4.42. The fourth-order valence-corrected chi connectivity index (χ4v) is 3.57. The maximum atomic E-state index is 13.3. The van der Waals surface area contributed by atoms with Gasteiger partial charge in [0.25, 0.3) is 11.8 Å². The Hall–Kier alpha value is -4.45. The molecule has 1 N–H and O–H groups in total. The third-order valence-electron chi connectivity index (χ3n) is 5.11. The Bertz CT molecular complexity index is 1330. The number of rotatable bonds is 4. The van der Waals surface area contributed by atoms with Gasteiger partial charge in [-0.05, 0) is 29.8 Å². The van der Waals surface area contributed by atoms with Gasteiger partial charge >= 0.3 is 6.43 Å². The van der Waals surface area contributed by atoms with Crippen LogP contribution in [0.5, 0.6) is 0 Å². The Labute approximate surface area is 188 Å². The number of hydrogen-bond donors (Lipinski definition) is 1. The maximum Gasteiger partial charge on any atom is 0.312 e. The van der Waals surface area contributed by atoms with E-state index >= 15 is 0 Å². The van der Waals surface area contributed by atoms with Crippen molar-refractivity contribution in [3.63, 3.8) is 0 Å². The van der Waals surface area contributed by atoms with E-state index in [2.05, 4.69) is 16.0 Å². The average molecular weight is 445 g/mol. The molecule has 1 aliphatic rings. The molecule has 0 unspecified atom stereocenters. The maximum absolute atomic E-state index is 13.3. The van der Waals surface area contributed by atoms with E-state index in [-0.39, 0.29) is 23.9 Å². The van der Waals surface area contributed by atoms with Gasteiger partial charge in [-0.15, -0.1) is 0 Å². The summed E-state index contributed by atoms with van der Waals surface area (Å²) in [5.74, 6) is -1.78. The largest absolute Gasteiger partial charge is 0.419 e. The summed E-state index contributed by atoms with van der Waals surface area (Å²) < 4.78 is 30.2. The van der Waals surface area contributed by atoms with Crippen LogP contribution in [0.3, 0.4) is 0 Å². The van der Waals surface area contributed by atoms with Crippen molar-refractivity contribution in [2.75, 3.05) is 11.9 Å². The second-order valence-electron chi connectivity index (χ2n) is 7.12. The van der Waals surface area contributed by atoms with Gasteiger partial charge in [-0.1, -0.05) is 30.3 Å². The zero-order chi connectivity index (χ0) is 23.5. The number of ether oxygens (including phenoxy) is 1. The first-order valence-electron chi connectivity index (χ1n) is 9.85. The molecular formula is C24H17F2N5O2. The minimum Gasteiger partial charge on any atom is -0.419 e. The number of fused-ring (bicyclic) bond motifs is 1. The van der Waals surface area contributed by atoms with Crippen LogP contribution in [-0.2, 0) is 11.3 Å². The van der Waals surface area contributed by atoms with Gasteiger partial charge in [0.1, 0.15) is 0 Å². The van der Waals surface area contributed by atoms with Crippen molar-refractivity contribution in [1.82, 2.24) is 4.98 Å². The number of para-hydroxylation sites is 1. The molecule has 2 aromatic carbocycles. The molecule has 0 spiro atoms. The lowest BCUT2D eigenvalue weighted by atomic mass is 10.0. The van der Waals surface area contributed by atoms with Crippen LogP contribution < -0.4 is 4.90 Å². The number of nitriles is 1. The molecule has 1 amide bonds. The van der Waals surface area contributed by atoms with Gasteiger partial charge in [0.05, 0.1) is 40.7 Å². The van der Waals surface area contributed by atoms with E-state index in [1.54, 1.807) is 23.1 Å². The van der Waals surface area contributed by atoms with Crippen molar-refractivity contribution < 1.29 is 18.3 Å². The standard InChI is InChI=1S/C24H17F2N5O2/c1-29-23(33-22(28)21(25)26)16-10-18-19(30-12-16)13-31(24(18)32)20-8-3-2-7-17(20)15-6-4-5-14(9-15)11-27/h2-10,12,21,28H,13H2,1H3/b28-22?,29-23-. The van der Waals surface area contributed by atoms with Gasteiger partial charge in [0.15, 0.2) is 0 Å². The van der Waals surface area contributed by atoms with Crippen molar-refractivity contribution >= 4 is 23.4 Å². The molecule has 0 aliphatic carbocycles. The summed E-state index contributed by atoms with van der Waals surface area (Å²) in [7, 11) is 1.33. The number of halogens is 2. The van der Waals surface area contributed by atoms with Gasteiger partial charge in [-0.25, -0.2) is 0 Å². The predicted molar refractivity (Wildman–Crippen MR) is 119 cm³/mol. The molecule has 0 atom stereocenters. The number of nitrogens with zero attached hydrogens (tertiary/aromatic N) is 4. The highest BCUT2D eigenvalue weighted by atomic mass is 19.3. The molecule has 2 heterocycles. The summed E-state index contributed by atoms with van der Waals surface area (Å²) in [5.41, 5.74) is 3.75. The second kappa shape index (κ2) is 8.96. The van der Waals surface area contributed by atoms with Crippen LogP contribution in [0.1, 0.15) is 27.2 Å². The molecular weight excluding hydrogens is 428 g/mol. The number of hydrogen-bond acceptors (Lipinski definition) is 6. The van der Waals surface area contributed by atoms with Gasteiger partial charge in [-0.3, -0.25) is 20.2 Å². The monoisotopic (exact) mass is 445 g/mol. The summed E-state index contributed by atoms with van der Waals surface area (Å²) >= 11 is 0. The number of carbonyl (C=O) groups is 1. The van der Waals surface area contributed by atoms with Crippen molar-refractivity contribution in [1.29, 1.82) is 10.7 Å². The number of aromatic nitrogens is 1. The lowest BCUT2D eigenvalue weighted by Crippen LogP contribution is -2.23. The normalized spacial score (nSPS) is 13.1. The Morgan fingerprint density at radius 3 is 2.73 bits per heavy atom. The molecule has 33 heavy (non-hydrogen) atoms. The second-order valence-corrected chi connectivity index (χ2v) is 7.12. The Morgan fingerprint density at radius 1 is 1.21 bits per heavy atom. The average Bonchev–Trinajstić information content (AvgIpc) is 3.17. The first kappa shape index (κ1) is 21.8. The number of carbonyl (C=O) groups excluding carboxylic acids is 1. The van der Waals surface area contributed by atoms with E-state index in [9.17, 15) is 18.8 Å². The van der Waals surface area contributed by atoms with E-state index in [4.69, 9.17) is 10.1 Å². The Balaban J connectivity index is 1.68. The van der Waals surface area contributed by atoms with Crippen molar-refractivity contribution in [2.24, 2.45) is 4.99 Å². The zero-order valence-electron chi connectivity index (χ0n) is 17.4. The van der Waals surface area contributed by atoms with E-state index in [0.717, 1.165) is 11.1 Å². The van der Waals surface area contributed by atoms with Crippen molar-refractivity contribution in [3.05, 3.63) is 83.2 Å². The van der Waals surface area contributed by atoms with E-state index in [1.807, 2.05) is 30.3 Å².